The molecule has 0 atom stereocenters. The first kappa shape index (κ1) is 8.76. The maximum Gasteiger partial charge on any atom is -0.00343 e. The van der Waals surface area contributed by atoms with Crippen molar-refractivity contribution < 1.29 is 0 Å². The summed E-state index contributed by atoms with van der Waals surface area (Å²) in [6, 6.07) is 10.9. The highest BCUT2D eigenvalue weighted by atomic mass is 14.8. The third kappa shape index (κ3) is 1.75. The number of hydrogen-bond acceptors (Lipinski definition) is 1. The van der Waals surface area contributed by atoms with E-state index in [1.54, 1.807) is 0 Å². The van der Waals surface area contributed by atoms with Crippen molar-refractivity contribution in [3.8, 4) is 0 Å². The third-order valence-electron chi connectivity index (χ3n) is 3.09. The highest BCUT2D eigenvalue weighted by molar-refractivity contribution is 5.30. The highest BCUT2D eigenvalue weighted by Gasteiger charge is 2.42. The summed E-state index contributed by atoms with van der Waals surface area (Å²) < 4.78 is 0. The molecule has 0 saturated heterocycles. The van der Waals surface area contributed by atoms with Crippen LogP contribution in [0, 0.1) is 0 Å². The molecule has 1 aliphatic carbocycles. The van der Waals surface area contributed by atoms with Crippen LogP contribution in [0.15, 0.2) is 30.3 Å². The molecule has 13 heavy (non-hydrogen) atoms. The van der Waals surface area contributed by atoms with Crippen molar-refractivity contribution in [3.63, 3.8) is 0 Å². The number of nitrogens with one attached hydrogen (secondary N) is 1. The molecular formula is C12H17N. The van der Waals surface area contributed by atoms with E-state index in [0.717, 1.165) is 6.54 Å². The topological polar surface area (TPSA) is 12.0 Å². The van der Waals surface area contributed by atoms with Gasteiger partial charge >= 0.3 is 0 Å². The zero-order chi connectivity index (χ0) is 9.15. The van der Waals surface area contributed by atoms with Gasteiger partial charge < -0.3 is 5.32 Å². The van der Waals surface area contributed by atoms with Crippen molar-refractivity contribution in [2.75, 3.05) is 13.6 Å². The van der Waals surface area contributed by atoms with Crippen molar-refractivity contribution in [3.05, 3.63) is 35.9 Å². The first-order chi connectivity index (χ1) is 6.37. The molecule has 0 radical (unpaired) electrons. The Balaban J connectivity index is 2.07. The van der Waals surface area contributed by atoms with E-state index in [0.29, 0.717) is 5.41 Å². The zero-order valence-corrected chi connectivity index (χ0v) is 8.22. The van der Waals surface area contributed by atoms with E-state index in [2.05, 4.69) is 35.6 Å². The van der Waals surface area contributed by atoms with Gasteiger partial charge in [-0.05, 0) is 43.8 Å². The number of hydrogen-bond donors (Lipinski definition) is 1. The van der Waals surface area contributed by atoms with Crippen LogP contribution in [-0.2, 0) is 5.41 Å². The Kier molecular flexibility index (Phi) is 2.36. The summed E-state index contributed by atoms with van der Waals surface area (Å²) in [6.07, 6.45) is 4.03. The van der Waals surface area contributed by atoms with Gasteiger partial charge in [0.2, 0.25) is 0 Å². The van der Waals surface area contributed by atoms with E-state index >= 15 is 0 Å². The molecule has 0 unspecified atom stereocenters. The molecule has 0 bridgehead atoms. The lowest BCUT2D eigenvalue weighted by Gasteiger charge is -2.14. The molecule has 1 aliphatic rings. The van der Waals surface area contributed by atoms with Crippen molar-refractivity contribution in [2.24, 2.45) is 0 Å². The van der Waals surface area contributed by atoms with Crippen molar-refractivity contribution in [1.29, 1.82) is 0 Å². The van der Waals surface area contributed by atoms with Gasteiger partial charge in [-0.25, -0.2) is 0 Å². The van der Waals surface area contributed by atoms with Crippen LogP contribution in [0.3, 0.4) is 0 Å². The molecule has 0 aromatic heterocycles. The largest absolute Gasteiger partial charge is 0.320 e. The van der Waals surface area contributed by atoms with Crippen molar-refractivity contribution in [1.82, 2.24) is 5.32 Å². The lowest BCUT2D eigenvalue weighted by Crippen LogP contribution is -2.16. The van der Waals surface area contributed by atoms with E-state index in [1.165, 1.54) is 24.8 Å². The fourth-order valence-electron chi connectivity index (χ4n) is 1.99. The van der Waals surface area contributed by atoms with Gasteiger partial charge in [0, 0.05) is 0 Å². The number of rotatable bonds is 4. The monoisotopic (exact) mass is 175 g/mol. The normalized spacial score (nSPS) is 18.5. The second-order valence-corrected chi connectivity index (χ2v) is 4.00. The Morgan fingerprint density at radius 3 is 2.46 bits per heavy atom. The zero-order valence-electron chi connectivity index (χ0n) is 8.22. The average molecular weight is 175 g/mol. The van der Waals surface area contributed by atoms with Crippen LogP contribution in [0.25, 0.3) is 0 Å². The lowest BCUT2D eigenvalue weighted by atomic mass is 9.92. The smallest absolute Gasteiger partial charge is 0.00343 e. The summed E-state index contributed by atoms with van der Waals surface area (Å²) in [6.45, 7) is 1.13. The molecule has 70 valence electrons. The highest BCUT2D eigenvalue weighted by Crippen LogP contribution is 2.50. The van der Waals surface area contributed by atoms with E-state index in [-0.39, 0.29) is 0 Å². The summed E-state index contributed by atoms with van der Waals surface area (Å²) in [7, 11) is 2.03. The fourth-order valence-corrected chi connectivity index (χ4v) is 1.99. The van der Waals surface area contributed by atoms with Crippen LogP contribution in [0.5, 0.6) is 0 Å². The van der Waals surface area contributed by atoms with Gasteiger partial charge in [-0.15, -0.1) is 0 Å². The van der Waals surface area contributed by atoms with Gasteiger partial charge in [0.1, 0.15) is 0 Å². The van der Waals surface area contributed by atoms with Gasteiger partial charge in [0.15, 0.2) is 0 Å². The predicted molar refractivity (Wildman–Crippen MR) is 55.9 cm³/mol. The van der Waals surface area contributed by atoms with Gasteiger partial charge in [-0.3, -0.25) is 0 Å². The van der Waals surface area contributed by atoms with Crippen LogP contribution < -0.4 is 5.32 Å². The summed E-state index contributed by atoms with van der Waals surface area (Å²) in [4.78, 5) is 0. The molecule has 2 rings (SSSR count). The third-order valence-corrected chi connectivity index (χ3v) is 3.09. The van der Waals surface area contributed by atoms with Crippen LogP contribution in [-0.4, -0.2) is 13.6 Å². The first-order valence-corrected chi connectivity index (χ1v) is 5.07. The molecule has 0 aliphatic heterocycles. The molecule has 0 heterocycles. The Morgan fingerprint density at radius 1 is 1.23 bits per heavy atom. The minimum atomic E-state index is 0.532. The standard InChI is InChI=1S/C12H17N/c1-13-10-9-12(7-8-12)11-5-3-2-4-6-11/h2-6,13H,7-10H2,1H3. The maximum atomic E-state index is 3.23. The second-order valence-electron chi connectivity index (χ2n) is 4.00. The van der Waals surface area contributed by atoms with Gasteiger partial charge in [0.25, 0.3) is 0 Å². The molecule has 0 amide bonds. The summed E-state index contributed by atoms with van der Waals surface area (Å²) >= 11 is 0. The van der Waals surface area contributed by atoms with Gasteiger partial charge in [0.05, 0.1) is 0 Å². The molecule has 1 aromatic carbocycles. The molecule has 0 spiro atoms. The SMILES string of the molecule is CNCCC1(c2ccccc2)CC1. The Morgan fingerprint density at radius 2 is 1.92 bits per heavy atom. The molecular weight excluding hydrogens is 158 g/mol. The second kappa shape index (κ2) is 3.51. The van der Waals surface area contributed by atoms with E-state index in [4.69, 9.17) is 0 Å². The first-order valence-electron chi connectivity index (χ1n) is 5.07. The quantitative estimate of drug-likeness (QED) is 0.740. The molecule has 1 fully saturated rings. The summed E-state index contributed by atoms with van der Waals surface area (Å²) in [5.74, 6) is 0. The maximum absolute atomic E-state index is 3.23. The minimum Gasteiger partial charge on any atom is -0.320 e. The van der Waals surface area contributed by atoms with Crippen LogP contribution in [0.2, 0.25) is 0 Å². The Hall–Kier alpha value is -0.820. The molecule has 1 aromatic rings. The summed E-state index contributed by atoms with van der Waals surface area (Å²) in [5.41, 5.74) is 2.06. The molecule has 1 nitrogen and oxygen atoms in total. The van der Waals surface area contributed by atoms with Crippen LogP contribution in [0.4, 0.5) is 0 Å². The molecule has 1 N–H and O–H groups in total. The van der Waals surface area contributed by atoms with Crippen molar-refractivity contribution >= 4 is 0 Å². The lowest BCUT2D eigenvalue weighted by molar-refractivity contribution is 0.588. The summed E-state index contributed by atoms with van der Waals surface area (Å²) in [5, 5.41) is 3.23. The van der Waals surface area contributed by atoms with Crippen molar-refractivity contribution in [2.45, 2.75) is 24.7 Å². The molecule has 1 heteroatoms. The number of benzene rings is 1. The Labute approximate surface area is 80.2 Å². The fraction of sp³-hybridized carbons (Fsp3) is 0.500. The average Bonchev–Trinajstić information content (AvgIpc) is 2.97. The van der Waals surface area contributed by atoms with Crippen LogP contribution in [0.1, 0.15) is 24.8 Å². The van der Waals surface area contributed by atoms with Crippen LogP contribution >= 0.6 is 0 Å². The van der Waals surface area contributed by atoms with Gasteiger partial charge in [-0.1, -0.05) is 30.3 Å². The van der Waals surface area contributed by atoms with Gasteiger partial charge in [-0.2, -0.15) is 0 Å². The minimum absolute atomic E-state index is 0.532. The van der Waals surface area contributed by atoms with E-state index in [1.807, 2.05) is 7.05 Å². The predicted octanol–water partition coefficient (Wildman–Crippen LogP) is 2.33. The Bertz CT molecular complexity index is 262. The van der Waals surface area contributed by atoms with E-state index in [9.17, 15) is 0 Å². The molecule has 1 saturated carbocycles. The van der Waals surface area contributed by atoms with E-state index < -0.39 is 0 Å².